The van der Waals surface area contributed by atoms with Crippen molar-refractivity contribution in [3.05, 3.63) is 64.7 Å². The summed E-state index contributed by atoms with van der Waals surface area (Å²) >= 11 is 5.96. The van der Waals surface area contributed by atoms with Crippen LogP contribution in [0.25, 0.3) is 0 Å². The maximum absolute atomic E-state index is 12.6. The van der Waals surface area contributed by atoms with Crippen molar-refractivity contribution >= 4 is 17.5 Å². The lowest BCUT2D eigenvalue weighted by molar-refractivity contribution is -0.131. The second-order valence-corrected chi connectivity index (χ2v) is 7.42. The van der Waals surface area contributed by atoms with Crippen LogP contribution >= 0.6 is 11.6 Å². The molecule has 1 heterocycles. The highest BCUT2D eigenvalue weighted by Gasteiger charge is 2.19. The Labute approximate surface area is 166 Å². The fourth-order valence-corrected chi connectivity index (χ4v) is 3.55. The fourth-order valence-electron chi connectivity index (χ4n) is 3.43. The molecule has 0 bridgehead atoms. The zero-order valence-corrected chi connectivity index (χ0v) is 16.6. The Hall–Kier alpha value is -2.04. The molecule has 1 fully saturated rings. The van der Waals surface area contributed by atoms with Crippen LogP contribution in [0.2, 0.25) is 5.02 Å². The van der Waals surface area contributed by atoms with Crippen molar-refractivity contribution in [3.63, 3.8) is 0 Å². The zero-order valence-electron chi connectivity index (χ0n) is 15.9. The molecule has 4 nitrogen and oxygen atoms in total. The number of halogens is 1. The van der Waals surface area contributed by atoms with Crippen LogP contribution in [0.5, 0.6) is 5.75 Å². The van der Waals surface area contributed by atoms with E-state index < -0.39 is 0 Å². The van der Waals surface area contributed by atoms with Gasteiger partial charge in [0.05, 0.1) is 7.11 Å². The first-order chi connectivity index (χ1) is 13.1. The fraction of sp³-hybridized carbons (Fsp3) is 0.409. The molecular formula is C22H27ClN2O2. The molecule has 0 N–H and O–H groups in total. The first kappa shape index (κ1) is 19.7. The molecule has 1 aliphatic heterocycles. The summed E-state index contributed by atoms with van der Waals surface area (Å²) in [6.07, 6.45) is 2.35. The Balaban J connectivity index is 1.46. The summed E-state index contributed by atoms with van der Waals surface area (Å²) in [5.41, 5.74) is 2.43. The number of hydrogen-bond acceptors (Lipinski definition) is 3. The van der Waals surface area contributed by atoms with Gasteiger partial charge in [0.2, 0.25) is 5.91 Å². The number of ether oxygens (including phenoxy) is 1. The van der Waals surface area contributed by atoms with Crippen molar-refractivity contribution in [2.75, 3.05) is 33.3 Å². The molecule has 0 saturated carbocycles. The number of carbonyl (C=O) groups is 1. The number of benzene rings is 2. The van der Waals surface area contributed by atoms with Gasteiger partial charge in [0, 0.05) is 44.2 Å². The van der Waals surface area contributed by atoms with Crippen LogP contribution in [0.1, 0.15) is 24.0 Å². The zero-order chi connectivity index (χ0) is 19.1. The number of nitrogens with zero attached hydrogens (tertiary/aromatic N) is 2. The average molecular weight is 387 g/mol. The smallest absolute Gasteiger partial charge is 0.222 e. The normalized spacial score (nSPS) is 15.4. The third-order valence-electron chi connectivity index (χ3n) is 5.05. The molecule has 1 saturated heterocycles. The molecule has 2 aromatic rings. The van der Waals surface area contributed by atoms with Crippen molar-refractivity contribution in [1.29, 1.82) is 0 Å². The number of rotatable bonds is 6. The predicted octanol–water partition coefficient (Wildman–Crippen LogP) is 4.02. The number of amides is 1. The van der Waals surface area contributed by atoms with E-state index in [1.807, 2.05) is 41.3 Å². The summed E-state index contributed by atoms with van der Waals surface area (Å²) < 4.78 is 5.18. The van der Waals surface area contributed by atoms with Gasteiger partial charge >= 0.3 is 0 Å². The van der Waals surface area contributed by atoms with Gasteiger partial charge in [0.25, 0.3) is 0 Å². The van der Waals surface area contributed by atoms with Crippen LogP contribution in [0, 0.1) is 0 Å². The minimum atomic E-state index is 0.249. The molecule has 1 aliphatic rings. The van der Waals surface area contributed by atoms with E-state index in [4.69, 9.17) is 16.3 Å². The minimum absolute atomic E-state index is 0.249. The molecule has 1 amide bonds. The number of aryl methyl sites for hydroxylation is 1. The van der Waals surface area contributed by atoms with Crippen LogP contribution in [0.3, 0.4) is 0 Å². The number of hydrogen-bond donors (Lipinski definition) is 0. The summed E-state index contributed by atoms with van der Waals surface area (Å²) in [4.78, 5) is 17.1. The average Bonchev–Trinajstić information content (AvgIpc) is 2.94. The van der Waals surface area contributed by atoms with Crippen molar-refractivity contribution in [2.24, 2.45) is 0 Å². The topological polar surface area (TPSA) is 32.8 Å². The molecule has 0 spiro atoms. The van der Waals surface area contributed by atoms with Crippen LogP contribution in [0.15, 0.2) is 48.5 Å². The number of carbonyl (C=O) groups excluding carboxylic acids is 1. The third kappa shape index (κ3) is 5.98. The van der Waals surface area contributed by atoms with Crippen LogP contribution in [0.4, 0.5) is 0 Å². The van der Waals surface area contributed by atoms with Gasteiger partial charge in [-0.05, 0) is 48.2 Å². The van der Waals surface area contributed by atoms with Crippen LogP contribution in [-0.2, 0) is 17.8 Å². The minimum Gasteiger partial charge on any atom is -0.497 e. The molecule has 0 unspecified atom stereocenters. The van der Waals surface area contributed by atoms with Gasteiger partial charge in [-0.25, -0.2) is 0 Å². The molecule has 0 atom stereocenters. The van der Waals surface area contributed by atoms with Crippen LogP contribution < -0.4 is 4.74 Å². The van der Waals surface area contributed by atoms with E-state index in [1.165, 1.54) is 11.1 Å². The lowest BCUT2D eigenvalue weighted by Crippen LogP contribution is -2.35. The van der Waals surface area contributed by atoms with E-state index in [9.17, 15) is 4.79 Å². The van der Waals surface area contributed by atoms with Gasteiger partial charge in [0.1, 0.15) is 5.75 Å². The molecule has 144 valence electrons. The van der Waals surface area contributed by atoms with E-state index in [1.54, 1.807) is 7.11 Å². The van der Waals surface area contributed by atoms with E-state index in [2.05, 4.69) is 17.0 Å². The second kappa shape index (κ2) is 9.77. The summed E-state index contributed by atoms with van der Waals surface area (Å²) in [6.45, 7) is 4.49. The van der Waals surface area contributed by atoms with E-state index in [-0.39, 0.29) is 5.91 Å². The Kier molecular flexibility index (Phi) is 7.13. The molecule has 2 aromatic carbocycles. The molecular weight excluding hydrogens is 360 g/mol. The highest BCUT2D eigenvalue weighted by molar-refractivity contribution is 6.30. The van der Waals surface area contributed by atoms with Crippen molar-refractivity contribution < 1.29 is 9.53 Å². The Morgan fingerprint density at radius 3 is 2.37 bits per heavy atom. The largest absolute Gasteiger partial charge is 0.497 e. The Morgan fingerprint density at radius 1 is 0.963 bits per heavy atom. The Bertz CT molecular complexity index is 731. The molecule has 5 heteroatoms. The highest BCUT2D eigenvalue weighted by atomic mass is 35.5. The first-order valence-electron chi connectivity index (χ1n) is 9.51. The molecule has 0 aliphatic carbocycles. The molecule has 0 radical (unpaired) electrons. The molecule has 27 heavy (non-hydrogen) atoms. The first-order valence-corrected chi connectivity index (χ1v) is 9.89. The van der Waals surface area contributed by atoms with Gasteiger partial charge < -0.3 is 9.64 Å². The van der Waals surface area contributed by atoms with E-state index in [0.29, 0.717) is 6.42 Å². The van der Waals surface area contributed by atoms with Crippen LogP contribution in [-0.4, -0.2) is 49.0 Å². The third-order valence-corrected chi connectivity index (χ3v) is 5.30. The van der Waals surface area contributed by atoms with E-state index >= 15 is 0 Å². The summed E-state index contributed by atoms with van der Waals surface area (Å²) in [5, 5.41) is 0.767. The van der Waals surface area contributed by atoms with Crippen molar-refractivity contribution in [2.45, 2.75) is 25.8 Å². The Morgan fingerprint density at radius 2 is 1.67 bits per heavy atom. The summed E-state index contributed by atoms with van der Waals surface area (Å²) in [7, 11) is 1.66. The van der Waals surface area contributed by atoms with Gasteiger partial charge in [-0.3, -0.25) is 9.69 Å². The van der Waals surface area contributed by atoms with Crippen molar-refractivity contribution in [3.8, 4) is 5.75 Å². The predicted molar refractivity (Wildman–Crippen MR) is 109 cm³/mol. The van der Waals surface area contributed by atoms with Gasteiger partial charge in [0.15, 0.2) is 0 Å². The van der Waals surface area contributed by atoms with Gasteiger partial charge in [-0.2, -0.15) is 0 Å². The summed E-state index contributed by atoms with van der Waals surface area (Å²) in [5.74, 6) is 1.09. The molecule has 3 rings (SSSR count). The maximum Gasteiger partial charge on any atom is 0.222 e. The summed E-state index contributed by atoms with van der Waals surface area (Å²) in [6, 6.07) is 16.0. The lowest BCUT2D eigenvalue weighted by atomic mass is 10.1. The SMILES string of the molecule is COc1ccc(CCC(=O)N2CCCN(Cc3ccc(Cl)cc3)CC2)cc1. The molecule has 0 aromatic heterocycles. The lowest BCUT2D eigenvalue weighted by Gasteiger charge is -2.22. The van der Waals surface area contributed by atoms with Crippen molar-refractivity contribution in [1.82, 2.24) is 9.80 Å². The quantitative estimate of drug-likeness (QED) is 0.751. The standard InChI is InChI=1S/C22H27ClN2O2/c1-27-21-10-5-18(6-11-21)7-12-22(26)25-14-2-13-24(15-16-25)17-19-3-8-20(23)9-4-19/h3-6,8-11H,2,7,12-17H2,1H3. The van der Waals surface area contributed by atoms with E-state index in [0.717, 1.165) is 56.3 Å². The van der Waals surface area contributed by atoms with Gasteiger partial charge in [-0.1, -0.05) is 35.9 Å². The monoisotopic (exact) mass is 386 g/mol. The highest BCUT2D eigenvalue weighted by Crippen LogP contribution is 2.15. The van der Waals surface area contributed by atoms with Gasteiger partial charge in [-0.15, -0.1) is 0 Å². The number of methoxy groups -OCH3 is 1. The second-order valence-electron chi connectivity index (χ2n) is 6.99. The maximum atomic E-state index is 12.6.